The molecule has 0 saturated carbocycles. The fraction of sp³-hybridized carbons (Fsp3) is 0.500. The van der Waals surface area contributed by atoms with Crippen LogP contribution in [0.2, 0.25) is 0 Å². The van der Waals surface area contributed by atoms with Crippen molar-refractivity contribution in [2.45, 2.75) is 40.0 Å². The molecule has 0 fully saturated rings. The number of carbonyl (C=O) groups is 1. The lowest BCUT2D eigenvalue weighted by molar-refractivity contribution is -0.112. The maximum atomic E-state index is 11.7. The van der Waals surface area contributed by atoms with Crippen molar-refractivity contribution in [3.8, 4) is 0 Å². The first-order valence-electron chi connectivity index (χ1n) is 5.62. The molecular weight excluding hydrogens is 184 g/mol. The second-order valence-corrected chi connectivity index (χ2v) is 4.97. The van der Waals surface area contributed by atoms with Crippen LogP contribution < -0.4 is 0 Å². The molecule has 0 aromatic carbocycles. The van der Waals surface area contributed by atoms with Crippen LogP contribution in [0.3, 0.4) is 0 Å². The third kappa shape index (κ3) is 1.83. The summed E-state index contributed by atoms with van der Waals surface area (Å²) in [5.74, 6) is 0.215. The van der Waals surface area contributed by atoms with Crippen molar-refractivity contribution in [3.05, 3.63) is 34.9 Å². The average molecular weight is 202 g/mol. The molecule has 0 bridgehead atoms. The Labute approximate surface area is 91.6 Å². The largest absolute Gasteiger partial charge is 0.289 e. The molecule has 1 spiro atoms. The van der Waals surface area contributed by atoms with E-state index in [1.807, 2.05) is 13.8 Å². The van der Waals surface area contributed by atoms with E-state index in [0.29, 0.717) is 0 Å². The lowest BCUT2D eigenvalue weighted by atomic mass is 9.70. The molecular formula is C14H18O. The highest BCUT2D eigenvalue weighted by molar-refractivity contribution is 6.08. The molecule has 2 rings (SSSR count). The van der Waals surface area contributed by atoms with Crippen molar-refractivity contribution < 1.29 is 4.79 Å². The van der Waals surface area contributed by atoms with Gasteiger partial charge in [0.25, 0.3) is 0 Å². The van der Waals surface area contributed by atoms with Crippen LogP contribution in [0.15, 0.2) is 34.9 Å². The smallest absolute Gasteiger partial charge is 0.183 e. The van der Waals surface area contributed by atoms with Crippen molar-refractivity contribution in [2.75, 3.05) is 0 Å². The summed E-state index contributed by atoms with van der Waals surface area (Å²) in [5, 5.41) is 0. The molecule has 0 saturated heterocycles. The van der Waals surface area contributed by atoms with E-state index in [-0.39, 0.29) is 11.2 Å². The van der Waals surface area contributed by atoms with Gasteiger partial charge in [0.15, 0.2) is 5.78 Å². The van der Waals surface area contributed by atoms with Crippen LogP contribution in [0.5, 0.6) is 0 Å². The van der Waals surface area contributed by atoms with Gasteiger partial charge in [-0.1, -0.05) is 23.8 Å². The molecule has 0 amide bonds. The van der Waals surface area contributed by atoms with Crippen LogP contribution in [0.4, 0.5) is 0 Å². The lowest BCUT2D eigenvalue weighted by Gasteiger charge is -2.34. The normalized spacial score (nSPS) is 24.7. The number of rotatable bonds is 0. The molecule has 0 aliphatic heterocycles. The van der Waals surface area contributed by atoms with Crippen molar-refractivity contribution in [2.24, 2.45) is 5.41 Å². The number of hydrogen-bond acceptors (Lipinski definition) is 1. The molecule has 1 nitrogen and oxygen atoms in total. The number of ketones is 1. The van der Waals surface area contributed by atoms with Crippen LogP contribution in [-0.2, 0) is 4.79 Å². The highest BCUT2D eigenvalue weighted by atomic mass is 16.1. The first-order valence-corrected chi connectivity index (χ1v) is 5.62. The molecule has 2 aliphatic carbocycles. The minimum absolute atomic E-state index is 0.140. The first-order chi connectivity index (χ1) is 7.02. The summed E-state index contributed by atoms with van der Waals surface area (Å²) in [6, 6.07) is 0. The Bertz CT molecular complexity index is 372. The number of carbonyl (C=O) groups excluding carboxylic acids is 1. The van der Waals surface area contributed by atoms with E-state index in [0.717, 1.165) is 30.4 Å². The molecule has 80 valence electrons. The summed E-state index contributed by atoms with van der Waals surface area (Å²) in [6.45, 7) is 6.06. The van der Waals surface area contributed by atoms with E-state index < -0.39 is 0 Å². The maximum absolute atomic E-state index is 11.7. The topological polar surface area (TPSA) is 17.1 Å². The fourth-order valence-electron chi connectivity index (χ4n) is 2.61. The Morgan fingerprint density at radius 3 is 2.20 bits per heavy atom. The van der Waals surface area contributed by atoms with Crippen molar-refractivity contribution in [1.82, 2.24) is 0 Å². The Hall–Kier alpha value is -1.11. The van der Waals surface area contributed by atoms with Crippen LogP contribution in [-0.4, -0.2) is 5.78 Å². The first kappa shape index (κ1) is 10.4. The minimum atomic E-state index is 0.140. The summed E-state index contributed by atoms with van der Waals surface area (Å²) in [6.07, 6.45) is 10.0. The van der Waals surface area contributed by atoms with Crippen LogP contribution in [0, 0.1) is 5.41 Å². The maximum Gasteiger partial charge on any atom is 0.183 e. The zero-order valence-electron chi connectivity index (χ0n) is 9.76. The molecule has 0 radical (unpaired) electrons. The quantitative estimate of drug-likeness (QED) is 0.549. The molecule has 15 heavy (non-hydrogen) atoms. The number of Topliss-reactive ketones (excluding diaryl/α,β-unsaturated/α-hetero) is 1. The minimum Gasteiger partial charge on any atom is -0.289 e. The molecule has 0 unspecified atom stereocenters. The number of allylic oxidation sites excluding steroid dienone is 6. The Kier molecular flexibility index (Phi) is 2.41. The van der Waals surface area contributed by atoms with Gasteiger partial charge in [-0.05, 0) is 51.2 Å². The third-order valence-electron chi connectivity index (χ3n) is 3.54. The molecule has 2 aliphatic rings. The van der Waals surface area contributed by atoms with Crippen LogP contribution in [0.1, 0.15) is 40.0 Å². The van der Waals surface area contributed by atoms with Gasteiger partial charge >= 0.3 is 0 Å². The molecule has 0 N–H and O–H groups in total. The summed E-state index contributed by atoms with van der Waals surface area (Å²) < 4.78 is 0. The van der Waals surface area contributed by atoms with Crippen molar-refractivity contribution >= 4 is 5.78 Å². The van der Waals surface area contributed by atoms with Gasteiger partial charge in [-0.3, -0.25) is 4.79 Å². The van der Waals surface area contributed by atoms with Gasteiger partial charge in [0.2, 0.25) is 0 Å². The van der Waals surface area contributed by atoms with E-state index in [9.17, 15) is 4.79 Å². The van der Waals surface area contributed by atoms with Crippen LogP contribution in [0.25, 0.3) is 0 Å². The van der Waals surface area contributed by atoms with Gasteiger partial charge in [0, 0.05) is 5.41 Å². The molecule has 1 heteroatoms. The Morgan fingerprint density at radius 1 is 1.13 bits per heavy atom. The van der Waals surface area contributed by atoms with E-state index in [2.05, 4.69) is 25.2 Å². The summed E-state index contributed by atoms with van der Waals surface area (Å²) >= 11 is 0. The monoisotopic (exact) mass is 202 g/mol. The number of hydrogen-bond donors (Lipinski definition) is 0. The molecule has 0 atom stereocenters. The third-order valence-corrected chi connectivity index (χ3v) is 3.54. The summed E-state index contributed by atoms with van der Waals surface area (Å²) in [4.78, 5) is 11.7. The van der Waals surface area contributed by atoms with Crippen molar-refractivity contribution in [1.29, 1.82) is 0 Å². The fourth-order valence-corrected chi connectivity index (χ4v) is 2.61. The SMILES string of the molecule is CC1=CCC2(C=C(C)C(=O)C(C)=C2)CC1. The predicted octanol–water partition coefficient (Wildman–Crippen LogP) is 3.58. The van der Waals surface area contributed by atoms with Gasteiger partial charge in [0.1, 0.15) is 0 Å². The van der Waals surface area contributed by atoms with Crippen LogP contribution >= 0.6 is 0 Å². The van der Waals surface area contributed by atoms with E-state index in [4.69, 9.17) is 0 Å². The van der Waals surface area contributed by atoms with Gasteiger partial charge in [-0.2, -0.15) is 0 Å². The predicted molar refractivity (Wildman–Crippen MR) is 62.6 cm³/mol. The standard InChI is InChI=1S/C14H18O/c1-10-4-6-14(7-5-10)8-11(2)13(15)12(3)9-14/h4,8-9H,5-7H2,1-3H3. The Balaban J connectivity index is 2.35. The van der Waals surface area contributed by atoms with E-state index in [1.165, 1.54) is 5.57 Å². The summed E-state index contributed by atoms with van der Waals surface area (Å²) in [5.41, 5.74) is 3.46. The highest BCUT2D eigenvalue weighted by Crippen LogP contribution is 2.42. The molecule has 0 aromatic heterocycles. The molecule has 0 heterocycles. The van der Waals surface area contributed by atoms with Gasteiger partial charge < -0.3 is 0 Å². The zero-order valence-corrected chi connectivity index (χ0v) is 9.76. The van der Waals surface area contributed by atoms with Gasteiger partial charge in [-0.25, -0.2) is 0 Å². The van der Waals surface area contributed by atoms with E-state index >= 15 is 0 Å². The van der Waals surface area contributed by atoms with Gasteiger partial charge in [-0.15, -0.1) is 0 Å². The van der Waals surface area contributed by atoms with Crippen molar-refractivity contribution in [3.63, 3.8) is 0 Å². The summed E-state index contributed by atoms with van der Waals surface area (Å²) in [7, 11) is 0. The second-order valence-electron chi connectivity index (χ2n) is 4.97. The van der Waals surface area contributed by atoms with E-state index in [1.54, 1.807) is 0 Å². The average Bonchev–Trinajstić information content (AvgIpc) is 2.20. The lowest BCUT2D eigenvalue weighted by Crippen LogP contribution is -2.24. The van der Waals surface area contributed by atoms with Gasteiger partial charge in [0.05, 0.1) is 0 Å². The zero-order chi connectivity index (χ0) is 11.1. The Morgan fingerprint density at radius 2 is 1.73 bits per heavy atom. The second kappa shape index (κ2) is 3.48. The molecule has 0 aromatic rings. The highest BCUT2D eigenvalue weighted by Gasteiger charge is 2.31.